The molecule has 0 aliphatic carbocycles. The minimum atomic E-state index is -1.06. The van der Waals surface area contributed by atoms with E-state index in [4.69, 9.17) is 16.3 Å². The Labute approximate surface area is 174 Å². The van der Waals surface area contributed by atoms with E-state index in [9.17, 15) is 14.7 Å². The van der Waals surface area contributed by atoms with Crippen LogP contribution in [0.5, 0.6) is 0 Å². The van der Waals surface area contributed by atoms with Crippen molar-refractivity contribution in [1.29, 1.82) is 0 Å². The van der Waals surface area contributed by atoms with Crippen LogP contribution in [0.1, 0.15) is 28.8 Å². The highest BCUT2D eigenvalue weighted by Gasteiger charge is 2.54. The number of carboxylic acid groups (broad SMARTS) is 1. The van der Waals surface area contributed by atoms with Crippen LogP contribution in [0, 0.1) is 0 Å². The fourth-order valence-corrected chi connectivity index (χ4v) is 4.44. The van der Waals surface area contributed by atoms with Crippen LogP contribution in [0.4, 0.5) is 0 Å². The number of rotatable bonds is 4. The number of carbonyl (C=O) groups is 2. The van der Waals surface area contributed by atoms with Crippen LogP contribution in [0.25, 0.3) is 0 Å². The molecular formula is C22H23ClN2O4. The number of carbonyl (C=O) groups excluding carboxylic acids is 1. The van der Waals surface area contributed by atoms with Crippen molar-refractivity contribution in [2.24, 2.45) is 0 Å². The van der Waals surface area contributed by atoms with E-state index in [1.807, 2.05) is 18.2 Å². The maximum atomic E-state index is 13.3. The molecule has 152 valence electrons. The molecule has 1 N–H and O–H groups in total. The largest absolute Gasteiger partial charge is 0.480 e. The number of hydrogen-bond donors (Lipinski definition) is 1. The van der Waals surface area contributed by atoms with Crippen molar-refractivity contribution in [2.75, 3.05) is 19.7 Å². The zero-order chi connectivity index (χ0) is 20.4. The smallest absolute Gasteiger partial charge is 0.328 e. The molecule has 1 spiro atoms. The second kappa shape index (κ2) is 8.14. The third-order valence-corrected chi connectivity index (χ3v) is 6.08. The lowest BCUT2D eigenvalue weighted by atomic mass is 9.96. The van der Waals surface area contributed by atoms with Crippen molar-refractivity contribution in [3.8, 4) is 0 Å². The Bertz CT molecular complexity index is 897. The van der Waals surface area contributed by atoms with Gasteiger partial charge >= 0.3 is 5.97 Å². The van der Waals surface area contributed by atoms with Gasteiger partial charge in [-0.05, 0) is 17.7 Å². The van der Waals surface area contributed by atoms with Gasteiger partial charge in [-0.15, -0.1) is 0 Å². The second-order valence-corrected chi connectivity index (χ2v) is 7.94. The van der Waals surface area contributed by atoms with Crippen molar-refractivity contribution in [3.05, 3.63) is 70.7 Å². The van der Waals surface area contributed by atoms with E-state index in [2.05, 4.69) is 17.0 Å². The molecule has 0 radical (unpaired) electrons. The van der Waals surface area contributed by atoms with Crippen molar-refractivity contribution in [1.82, 2.24) is 9.80 Å². The third-order valence-electron chi connectivity index (χ3n) is 5.76. The maximum Gasteiger partial charge on any atom is 0.328 e. The summed E-state index contributed by atoms with van der Waals surface area (Å²) in [5.41, 5.74) is 0.618. The highest BCUT2D eigenvalue weighted by atomic mass is 35.5. The highest BCUT2D eigenvalue weighted by Crippen LogP contribution is 2.39. The third kappa shape index (κ3) is 3.88. The molecule has 2 aromatic rings. The second-order valence-electron chi connectivity index (χ2n) is 7.53. The number of piperidine rings is 1. The molecule has 6 nitrogen and oxygen atoms in total. The molecule has 0 aromatic heterocycles. The van der Waals surface area contributed by atoms with Crippen molar-refractivity contribution in [3.63, 3.8) is 0 Å². The topological polar surface area (TPSA) is 70.1 Å². The van der Waals surface area contributed by atoms with Gasteiger partial charge in [0.25, 0.3) is 5.91 Å². The first-order valence-electron chi connectivity index (χ1n) is 9.71. The van der Waals surface area contributed by atoms with Crippen LogP contribution in [-0.2, 0) is 16.1 Å². The average Bonchev–Trinajstić information content (AvgIpc) is 3.10. The normalized spacial score (nSPS) is 21.4. The van der Waals surface area contributed by atoms with E-state index in [1.165, 1.54) is 10.5 Å². The first-order chi connectivity index (χ1) is 14.0. The quantitative estimate of drug-likeness (QED) is 0.831. The lowest BCUT2D eigenvalue weighted by Gasteiger charge is -2.44. The van der Waals surface area contributed by atoms with Gasteiger partial charge in [-0.3, -0.25) is 14.6 Å². The van der Waals surface area contributed by atoms with Gasteiger partial charge < -0.3 is 9.84 Å². The number of likely N-dealkylation sites (tertiary alicyclic amines) is 1. The SMILES string of the molecule is O=C(O)C1COC2(CCN(Cc3ccccc3)CC2)N1C(=O)c1ccccc1Cl. The summed E-state index contributed by atoms with van der Waals surface area (Å²) >= 11 is 6.22. The lowest BCUT2D eigenvalue weighted by Crippen LogP contribution is -2.58. The van der Waals surface area contributed by atoms with Crippen LogP contribution in [-0.4, -0.2) is 58.2 Å². The zero-order valence-electron chi connectivity index (χ0n) is 16.0. The fraction of sp³-hybridized carbons (Fsp3) is 0.364. The number of carboxylic acids is 1. The lowest BCUT2D eigenvalue weighted by molar-refractivity contribution is -0.144. The van der Waals surface area contributed by atoms with Crippen molar-refractivity contribution >= 4 is 23.5 Å². The Balaban J connectivity index is 1.55. The molecule has 2 aliphatic rings. The molecule has 0 saturated carbocycles. The molecule has 2 aliphatic heterocycles. The van der Waals surface area contributed by atoms with Gasteiger partial charge in [-0.25, -0.2) is 4.79 Å². The number of nitrogens with zero attached hydrogens (tertiary/aromatic N) is 2. The molecule has 1 amide bonds. The number of amides is 1. The van der Waals surface area contributed by atoms with Gasteiger partial charge in [-0.1, -0.05) is 54.1 Å². The summed E-state index contributed by atoms with van der Waals surface area (Å²) in [5, 5.41) is 10.0. The summed E-state index contributed by atoms with van der Waals surface area (Å²) in [5.74, 6) is -1.45. The number of benzene rings is 2. The number of halogens is 1. The summed E-state index contributed by atoms with van der Waals surface area (Å²) < 4.78 is 6.00. The van der Waals surface area contributed by atoms with Gasteiger partial charge in [-0.2, -0.15) is 0 Å². The van der Waals surface area contributed by atoms with Gasteiger partial charge in [0.1, 0.15) is 5.72 Å². The summed E-state index contributed by atoms with van der Waals surface area (Å²) in [4.78, 5) is 28.9. The van der Waals surface area contributed by atoms with E-state index in [-0.39, 0.29) is 6.61 Å². The summed E-state index contributed by atoms with van der Waals surface area (Å²) in [7, 11) is 0. The van der Waals surface area contributed by atoms with Crippen LogP contribution in [0.3, 0.4) is 0 Å². The standard InChI is InChI=1S/C22H23ClN2O4/c23-18-9-5-4-8-17(18)20(26)25-19(21(27)28)15-29-22(25)10-12-24(13-11-22)14-16-6-2-1-3-7-16/h1-9,19H,10-15H2,(H,27,28). The van der Waals surface area contributed by atoms with Crippen molar-refractivity contribution < 1.29 is 19.4 Å². The average molecular weight is 415 g/mol. The minimum Gasteiger partial charge on any atom is -0.480 e. The molecule has 2 heterocycles. The Morgan fingerprint density at radius 2 is 1.72 bits per heavy atom. The minimum absolute atomic E-state index is 0.00971. The predicted molar refractivity (Wildman–Crippen MR) is 109 cm³/mol. The summed E-state index contributed by atoms with van der Waals surface area (Å²) in [6.45, 7) is 2.24. The molecule has 7 heteroatoms. The van der Waals surface area contributed by atoms with Gasteiger partial charge in [0.15, 0.2) is 6.04 Å². The fourth-order valence-electron chi connectivity index (χ4n) is 4.22. The first-order valence-corrected chi connectivity index (χ1v) is 10.1. The molecule has 2 fully saturated rings. The molecule has 0 bridgehead atoms. The number of hydrogen-bond acceptors (Lipinski definition) is 4. The van der Waals surface area contributed by atoms with Crippen LogP contribution in [0.15, 0.2) is 54.6 Å². The maximum absolute atomic E-state index is 13.3. The summed E-state index contributed by atoms with van der Waals surface area (Å²) in [6.07, 6.45) is 1.11. The van der Waals surface area contributed by atoms with E-state index in [0.29, 0.717) is 36.5 Å². The van der Waals surface area contributed by atoms with Crippen LogP contribution < -0.4 is 0 Å². The molecule has 2 saturated heterocycles. The highest BCUT2D eigenvalue weighted by molar-refractivity contribution is 6.33. The van der Waals surface area contributed by atoms with Crippen LogP contribution >= 0.6 is 11.6 Å². The number of aliphatic carboxylic acids is 1. The van der Waals surface area contributed by atoms with Gasteiger partial charge in [0.05, 0.1) is 17.2 Å². The Hall–Kier alpha value is -2.41. The molecule has 29 heavy (non-hydrogen) atoms. The van der Waals surface area contributed by atoms with Gasteiger partial charge in [0, 0.05) is 32.5 Å². The van der Waals surface area contributed by atoms with Gasteiger partial charge in [0.2, 0.25) is 0 Å². The Morgan fingerprint density at radius 3 is 2.38 bits per heavy atom. The molecular weight excluding hydrogens is 392 g/mol. The van der Waals surface area contributed by atoms with Crippen molar-refractivity contribution in [2.45, 2.75) is 31.2 Å². The molecule has 4 rings (SSSR count). The molecule has 2 aromatic carbocycles. The molecule has 1 unspecified atom stereocenters. The van der Waals surface area contributed by atoms with E-state index >= 15 is 0 Å². The number of ether oxygens (including phenoxy) is 1. The van der Waals surface area contributed by atoms with Crippen LogP contribution in [0.2, 0.25) is 5.02 Å². The first kappa shape index (κ1) is 19.9. The predicted octanol–water partition coefficient (Wildman–Crippen LogP) is 3.26. The van der Waals surface area contributed by atoms with E-state index < -0.39 is 23.6 Å². The van der Waals surface area contributed by atoms with E-state index in [0.717, 1.165) is 6.54 Å². The monoisotopic (exact) mass is 414 g/mol. The van der Waals surface area contributed by atoms with E-state index in [1.54, 1.807) is 24.3 Å². The summed E-state index contributed by atoms with van der Waals surface area (Å²) in [6, 6.07) is 15.9. The molecule has 1 atom stereocenters. The zero-order valence-corrected chi connectivity index (χ0v) is 16.7. The Kier molecular flexibility index (Phi) is 5.58. The Morgan fingerprint density at radius 1 is 1.07 bits per heavy atom.